The molecule has 1 aliphatic heterocycles. The molecule has 2 rings (SSSR count). The summed E-state index contributed by atoms with van der Waals surface area (Å²) in [7, 11) is 1.77. The molecule has 0 aliphatic carbocycles. The second-order valence-corrected chi connectivity index (χ2v) is 4.65. The van der Waals surface area contributed by atoms with E-state index in [-0.39, 0.29) is 24.8 Å². The first-order valence-electron chi connectivity index (χ1n) is 6.37. The van der Waals surface area contributed by atoms with Crippen LogP contribution >= 0.6 is 24.8 Å². The first-order valence-corrected chi connectivity index (χ1v) is 6.37. The number of rotatable bonds is 5. The zero-order chi connectivity index (χ0) is 11.9. The van der Waals surface area contributed by atoms with Crippen molar-refractivity contribution in [3.05, 3.63) is 35.9 Å². The second kappa shape index (κ2) is 10.5. The summed E-state index contributed by atoms with van der Waals surface area (Å²) in [5, 5.41) is 3.55. The van der Waals surface area contributed by atoms with Gasteiger partial charge in [0.05, 0.1) is 0 Å². The highest BCUT2D eigenvalue weighted by Gasteiger charge is 2.18. The van der Waals surface area contributed by atoms with E-state index >= 15 is 0 Å². The van der Waals surface area contributed by atoms with Gasteiger partial charge in [-0.15, -0.1) is 24.8 Å². The zero-order valence-corrected chi connectivity index (χ0v) is 13.0. The first-order chi connectivity index (χ1) is 8.38. The minimum absolute atomic E-state index is 0. The molecule has 0 radical (unpaired) electrons. The minimum atomic E-state index is 0. The Morgan fingerprint density at radius 3 is 2.68 bits per heavy atom. The lowest BCUT2D eigenvalue weighted by atomic mass is 10.1. The number of piperazine rings is 1. The number of hydrogen-bond acceptors (Lipinski definition) is 3. The largest absolute Gasteiger partial charge is 0.385 e. The van der Waals surface area contributed by atoms with E-state index in [9.17, 15) is 0 Å². The quantitative estimate of drug-likeness (QED) is 0.904. The number of nitrogens with zero attached hydrogens (tertiary/aromatic N) is 1. The van der Waals surface area contributed by atoms with Crippen LogP contribution in [0.5, 0.6) is 0 Å². The SMILES string of the molecule is COCCC1CN(Cc2ccccc2)CCN1.Cl.Cl. The molecule has 1 fully saturated rings. The van der Waals surface area contributed by atoms with Crippen molar-refractivity contribution in [1.82, 2.24) is 10.2 Å². The topological polar surface area (TPSA) is 24.5 Å². The van der Waals surface area contributed by atoms with E-state index in [1.807, 2.05) is 0 Å². The van der Waals surface area contributed by atoms with Crippen LogP contribution in [-0.2, 0) is 11.3 Å². The Labute approximate surface area is 128 Å². The molecule has 1 atom stereocenters. The summed E-state index contributed by atoms with van der Waals surface area (Å²) in [5.74, 6) is 0. The number of benzene rings is 1. The van der Waals surface area contributed by atoms with Gasteiger partial charge < -0.3 is 10.1 Å². The summed E-state index contributed by atoms with van der Waals surface area (Å²) in [6.45, 7) is 5.25. The molecule has 0 aromatic heterocycles. The normalized spacial score (nSPS) is 19.3. The van der Waals surface area contributed by atoms with E-state index in [4.69, 9.17) is 4.74 Å². The number of halogens is 2. The Morgan fingerprint density at radius 1 is 1.26 bits per heavy atom. The summed E-state index contributed by atoms with van der Waals surface area (Å²) in [4.78, 5) is 2.52. The van der Waals surface area contributed by atoms with Crippen LogP contribution in [0.1, 0.15) is 12.0 Å². The Balaban J connectivity index is 0.00000162. The van der Waals surface area contributed by atoms with Crippen molar-refractivity contribution in [3.63, 3.8) is 0 Å². The van der Waals surface area contributed by atoms with Gasteiger partial charge in [0.15, 0.2) is 0 Å². The third-order valence-corrected chi connectivity index (χ3v) is 3.26. The van der Waals surface area contributed by atoms with Crippen molar-refractivity contribution < 1.29 is 4.74 Å². The molecule has 5 heteroatoms. The molecule has 3 nitrogen and oxygen atoms in total. The van der Waals surface area contributed by atoms with E-state index < -0.39 is 0 Å². The number of ether oxygens (including phenoxy) is 1. The maximum Gasteiger partial charge on any atom is 0.0477 e. The summed E-state index contributed by atoms with van der Waals surface area (Å²) in [5.41, 5.74) is 1.40. The van der Waals surface area contributed by atoms with E-state index in [1.165, 1.54) is 5.56 Å². The van der Waals surface area contributed by atoms with Crippen molar-refractivity contribution in [3.8, 4) is 0 Å². The second-order valence-electron chi connectivity index (χ2n) is 4.65. The highest BCUT2D eigenvalue weighted by Crippen LogP contribution is 2.08. The Hall–Kier alpha value is -0.320. The van der Waals surface area contributed by atoms with Gasteiger partial charge in [-0.3, -0.25) is 4.90 Å². The van der Waals surface area contributed by atoms with Gasteiger partial charge in [0, 0.05) is 45.9 Å². The van der Waals surface area contributed by atoms with Crippen LogP contribution in [0.25, 0.3) is 0 Å². The van der Waals surface area contributed by atoms with E-state index in [0.29, 0.717) is 6.04 Å². The molecule has 1 N–H and O–H groups in total. The summed E-state index contributed by atoms with van der Waals surface area (Å²) in [6.07, 6.45) is 1.10. The summed E-state index contributed by atoms with van der Waals surface area (Å²) < 4.78 is 5.14. The molecule has 0 bridgehead atoms. The Morgan fingerprint density at radius 2 is 2.00 bits per heavy atom. The molecule has 1 aromatic carbocycles. The number of methoxy groups -OCH3 is 1. The van der Waals surface area contributed by atoms with Crippen LogP contribution in [0.2, 0.25) is 0 Å². The van der Waals surface area contributed by atoms with Gasteiger partial charge in [-0.25, -0.2) is 0 Å². The van der Waals surface area contributed by atoms with Gasteiger partial charge in [-0.2, -0.15) is 0 Å². The Kier molecular flexibility index (Phi) is 10.3. The van der Waals surface area contributed by atoms with Crippen molar-refractivity contribution in [1.29, 1.82) is 0 Å². The smallest absolute Gasteiger partial charge is 0.0477 e. The van der Waals surface area contributed by atoms with Crippen LogP contribution < -0.4 is 5.32 Å². The van der Waals surface area contributed by atoms with E-state index in [1.54, 1.807) is 7.11 Å². The van der Waals surface area contributed by atoms with Crippen LogP contribution in [0.15, 0.2) is 30.3 Å². The van der Waals surface area contributed by atoms with Gasteiger partial charge >= 0.3 is 0 Å². The maximum absolute atomic E-state index is 5.14. The molecular weight excluding hydrogens is 283 g/mol. The van der Waals surface area contributed by atoms with Crippen molar-refractivity contribution in [2.24, 2.45) is 0 Å². The predicted octanol–water partition coefficient (Wildman–Crippen LogP) is 2.34. The molecule has 19 heavy (non-hydrogen) atoms. The van der Waals surface area contributed by atoms with Gasteiger partial charge in [-0.05, 0) is 12.0 Å². The van der Waals surface area contributed by atoms with Crippen molar-refractivity contribution in [2.75, 3.05) is 33.4 Å². The van der Waals surface area contributed by atoms with Gasteiger partial charge in [0.1, 0.15) is 0 Å². The van der Waals surface area contributed by atoms with E-state index in [2.05, 4.69) is 40.5 Å². The molecular formula is C14H24Cl2N2O. The van der Waals surface area contributed by atoms with Gasteiger partial charge in [-0.1, -0.05) is 30.3 Å². The fourth-order valence-corrected chi connectivity index (χ4v) is 2.33. The highest BCUT2D eigenvalue weighted by atomic mass is 35.5. The summed E-state index contributed by atoms with van der Waals surface area (Å²) in [6, 6.07) is 11.3. The maximum atomic E-state index is 5.14. The lowest BCUT2D eigenvalue weighted by Gasteiger charge is -2.33. The zero-order valence-electron chi connectivity index (χ0n) is 11.4. The van der Waals surface area contributed by atoms with Gasteiger partial charge in [0.25, 0.3) is 0 Å². The van der Waals surface area contributed by atoms with Crippen LogP contribution in [0.3, 0.4) is 0 Å². The fraction of sp³-hybridized carbons (Fsp3) is 0.571. The van der Waals surface area contributed by atoms with Crippen LogP contribution in [0, 0.1) is 0 Å². The van der Waals surface area contributed by atoms with Crippen LogP contribution in [0.4, 0.5) is 0 Å². The highest BCUT2D eigenvalue weighted by molar-refractivity contribution is 5.85. The lowest BCUT2D eigenvalue weighted by Crippen LogP contribution is -2.50. The fourth-order valence-electron chi connectivity index (χ4n) is 2.33. The van der Waals surface area contributed by atoms with Crippen molar-refractivity contribution >= 4 is 24.8 Å². The molecule has 110 valence electrons. The van der Waals surface area contributed by atoms with Crippen LogP contribution in [-0.4, -0.2) is 44.3 Å². The monoisotopic (exact) mass is 306 g/mol. The average Bonchev–Trinajstić information content (AvgIpc) is 2.38. The third kappa shape index (κ3) is 6.59. The molecule has 0 spiro atoms. The average molecular weight is 307 g/mol. The van der Waals surface area contributed by atoms with Gasteiger partial charge in [0.2, 0.25) is 0 Å². The Bertz CT molecular complexity index is 324. The third-order valence-electron chi connectivity index (χ3n) is 3.26. The number of hydrogen-bond donors (Lipinski definition) is 1. The molecule has 0 saturated carbocycles. The molecule has 1 aromatic rings. The van der Waals surface area contributed by atoms with E-state index in [0.717, 1.165) is 39.2 Å². The summed E-state index contributed by atoms with van der Waals surface area (Å²) >= 11 is 0. The molecule has 0 amide bonds. The lowest BCUT2D eigenvalue weighted by molar-refractivity contribution is 0.144. The molecule has 1 aliphatic rings. The molecule has 1 heterocycles. The first kappa shape index (κ1) is 18.7. The standard InChI is InChI=1S/C14H22N2O.2ClH/c1-17-10-7-14-12-16(9-8-15-14)11-13-5-3-2-4-6-13;;/h2-6,14-15H,7-12H2,1H3;2*1H. The number of nitrogens with one attached hydrogen (secondary N) is 1. The minimum Gasteiger partial charge on any atom is -0.385 e. The predicted molar refractivity (Wildman–Crippen MR) is 84.5 cm³/mol. The molecule has 1 saturated heterocycles. The molecule has 1 unspecified atom stereocenters. The van der Waals surface area contributed by atoms with Crippen molar-refractivity contribution in [2.45, 2.75) is 19.0 Å².